The number of nitrogens with one attached hydrogen (secondary N) is 1. The Morgan fingerprint density at radius 3 is 3.00 bits per heavy atom. The van der Waals surface area contributed by atoms with Crippen LogP contribution in [0, 0.1) is 0 Å². The van der Waals surface area contributed by atoms with E-state index < -0.39 is 5.97 Å². The summed E-state index contributed by atoms with van der Waals surface area (Å²) < 4.78 is 0. The molecule has 1 aliphatic heterocycles. The van der Waals surface area contributed by atoms with Crippen molar-refractivity contribution in [1.82, 2.24) is 5.32 Å². The van der Waals surface area contributed by atoms with Crippen LogP contribution < -0.4 is 5.32 Å². The summed E-state index contributed by atoms with van der Waals surface area (Å²) in [5.74, 6) is -0.856. The van der Waals surface area contributed by atoms with E-state index in [-0.39, 0.29) is 0 Å². The van der Waals surface area contributed by atoms with Gasteiger partial charge in [0.05, 0.1) is 0 Å². The molecule has 2 N–H and O–H groups in total. The lowest BCUT2D eigenvalue weighted by Gasteiger charge is -2.21. The number of carboxylic acid groups (broad SMARTS) is 1. The molecule has 0 aromatic heterocycles. The van der Waals surface area contributed by atoms with Crippen molar-refractivity contribution in [3.63, 3.8) is 0 Å². The van der Waals surface area contributed by atoms with Crippen LogP contribution in [0.15, 0.2) is 12.2 Å². The highest BCUT2D eigenvalue weighted by Crippen LogP contribution is 2.09. The molecule has 1 saturated heterocycles. The molecule has 0 saturated carbocycles. The van der Waals surface area contributed by atoms with Gasteiger partial charge in [0.15, 0.2) is 0 Å². The number of piperidine rings is 1. The van der Waals surface area contributed by atoms with Crippen LogP contribution in [0.4, 0.5) is 0 Å². The molecule has 0 aromatic rings. The minimum absolute atomic E-state index is 0.495. The average molecular weight is 169 g/mol. The highest BCUT2D eigenvalue weighted by Gasteiger charge is 2.09. The third-order valence-corrected chi connectivity index (χ3v) is 2.09. The molecule has 0 spiro atoms. The fourth-order valence-corrected chi connectivity index (χ4v) is 1.46. The highest BCUT2D eigenvalue weighted by atomic mass is 16.4. The summed E-state index contributed by atoms with van der Waals surface area (Å²) in [7, 11) is 0. The van der Waals surface area contributed by atoms with Crippen molar-refractivity contribution >= 4 is 5.97 Å². The molecule has 3 heteroatoms. The maximum Gasteiger partial charge on any atom is 0.327 e. The van der Waals surface area contributed by atoms with E-state index in [4.69, 9.17) is 5.11 Å². The molecule has 68 valence electrons. The summed E-state index contributed by atoms with van der Waals surface area (Å²) in [4.78, 5) is 10.1. The van der Waals surface area contributed by atoms with Crippen molar-refractivity contribution < 1.29 is 9.90 Å². The number of rotatable bonds is 3. The first-order valence-electron chi connectivity index (χ1n) is 4.42. The fourth-order valence-electron chi connectivity index (χ4n) is 1.46. The summed E-state index contributed by atoms with van der Waals surface area (Å²) in [6, 6.07) is 0.495. The number of aliphatic carboxylic acids is 1. The summed E-state index contributed by atoms with van der Waals surface area (Å²) in [6.07, 6.45) is 7.47. The van der Waals surface area contributed by atoms with Gasteiger partial charge in [-0.25, -0.2) is 4.79 Å². The van der Waals surface area contributed by atoms with Crippen molar-refractivity contribution in [3.8, 4) is 0 Å². The van der Waals surface area contributed by atoms with Crippen molar-refractivity contribution in [1.29, 1.82) is 0 Å². The predicted octanol–water partition coefficient (Wildman–Crippen LogP) is 1.16. The minimum atomic E-state index is -0.856. The molecule has 1 heterocycles. The van der Waals surface area contributed by atoms with Crippen molar-refractivity contribution in [2.24, 2.45) is 0 Å². The fraction of sp³-hybridized carbons (Fsp3) is 0.667. The highest BCUT2D eigenvalue weighted by molar-refractivity contribution is 5.79. The standard InChI is InChI=1S/C9H15NO2/c11-9(12)6-3-5-8-4-1-2-7-10-8/h3,6,8,10H,1-2,4-5,7H2,(H,11,12). The second-order valence-electron chi connectivity index (χ2n) is 3.12. The number of carboxylic acids is 1. The van der Waals surface area contributed by atoms with E-state index in [0.29, 0.717) is 6.04 Å². The van der Waals surface area contributed by atoms with Crippen LogP contribution in [0.2, 0.25) is 0 Å². The Bertz CT molecular complexity index is 171. The molecule has 1 unspecified atom stereocenters. The number of hydrogen-bond acceptors (Lipinski definition) is 2. The second-order valence-corrected chi connectivity index (χ2v) is 3.12. The van der Waals surface area contributed by atoms with Gasteiger partial charge in [-0.05, 0) is 25.8 Å². The first-order chi connectivity index (χ1) is 5.79. The summed E-state index contributed by atoms with van der Waals surface area (Å²) in [6.45, 7) is 1.07. The van der Waals surface area contributed by atoms with Crippen LogP contribution in [0.25, 0.3) is 0 Å². The van der Waals surface area contributed by atoms with E-state index in [9.17, 15) is 4.79 Å². The molecule has 0 radical (unpaired) electrons. The van der Waals surface area contributed by atoms with Gasteiger partial charge in [0.25, 0.3) is 0 Å². The zero-order valence-corrected chi connectivity index (χ0v) is 7.12. The van der Waals surface area contributed by atoms with Crippen LogP contribution in [0.1, 0.15) is 25.7 Å². The molecule has 3 nitrogen and oxygen atoms in total. The molecule has 1 atom stereocenters. The van der Waals surface area contributed by atoms with Gasteiger partial charge in [-0.15, -0.1) is 0 Å². The maximum absolute atomic E-state index is 10.1. The topological polar surface area (TPSA) is 49.3 Å². The molecule has 1 aliphatic rings. The van der Waals surface area contributed by atoms with Gasteiger partial charge in [-0.3, -0.25) is 0 Å². The first kappa shape index (κ1) is 9.26. The largest absolute Gasteiger partial charge is 0.478 e. The average Bonchev–Trinajstić information content (AvgIpc) is 2.05. The Morgan fingerprint density at radius 2 is 2.42 bits per heavy atom. The predicted molar refractivity (Wildman–Crippen MR) is 47.0 cm³/mol. The maximum atomic E-state index is 10.1. The Labute approximate surface area is 72.5 Å². The Morgan fingerprint density at radius 1 is 1.58 bits per heavy atom. The van der Waals surface area contributed by atoms with Crippen LogP contribution in [-0.2, 0) is 4.79 Å². The van der Waals surface area contributed by atoms with E-state index in [0.717, 1.165) is 13.0 Å². The van der Waals surface area contributed by atoms with Gasteiger partial charge >= 0.3 is 5.97 Å². The summed E-state index contributed by atoms with van der Waals surface area (Å²) in [5, 5.41) is 11.7. The molecule has 12 heavy (non-hydrogen) atoms. The smallest absolute Gasteiger partial charge is 0.327 e. The van der Waals surface area contributed by atoms with E-state index in [1.165, 1.54) is 25.3 Å². The molecule has 1 fully saturated rings. The first-order valence-corrected chi connectivity index (χ1v) is 4.42. The molecular formula is C9H15NO2. The van der Waals surface area contributed by atoms with E-state index in [1.54, 1.807) is 6.08 Å². The van der Waals surface area contributed by atoms with Crippen LogP contribution in [0.5, 0.6) is 0 Å². The third-order valence-electron chi connectivity index (χ3n) is 2.09. The molecule has 0 amide bonds. The normalized spacial score (nSPS) is 24.5. The van der Waals surface area contributed by atoms with Gasteiger partial charge < -0.3 is 10.4 Å². The van der Waals surface area contributed by atoms with Crippen LogP contribution in [0.3, 0.4) is 0 Å². The zero-order valence-electron chi connectivity index (χ0n) is 7.12. The van der Waals surface area contributed by atoms with Crippen molar-refractivity contribution in [3.05, 3.63) is 12.2 Å². The SMILES string of the molecule is O=C(O)C=CCC1CCCCN1. The Hall–Kier alpha value is -0.830. The molecule has 0 aromatic carbocycles. The molecule has 0 bridgehead atoms. The minimum Gasteiger partial charge on any atom is -0.478 e. The van der Waals surface area contributed by atoms with Crippen molar-refractivity contribution in [2.45, 2.75) is 31.7 Å². The van der Waals surface area contributed by atoms with Crippen LogP contribution in [-0.4, -0.2) is 23.7 Å². The van der Waals surface area contributed by atoms with Crippen LogP contribution >= 0.6 is 0 Å². The quantitative estimate of drug-likeness (QED) is 0.623. The van der Waals surface area contributed by atoms with Gasteiger partial charge in [0.1, 0.15) is 0 Å². The van der Waals surface area contributed by atoms with Crippen molar-refractivity contribution in [2.75, 3.05) is 6.54 Å². The summed E-state index contributed by atoms with van der Waals surface area (Å²) in [5.41, 5.74) is 0. The summed E-state index contributed by atoms with van der Waals surface area (Å²) >= 11 is 0. The molecule has 0 aliphatic carbocycles. The lowest BCUT2D eigenvalue weighted by molar-refractivity contribution is -0.131. The lowest BCUT2D eigenvalue weighted by atomic mass is 10.0. The molecular weight excluding hydrogens is 154 g/mol. The molecule has 1 rings (SSSR count). The zero-order chi connectivity index (χ0) is 8.81. The Kier molecular flexibility index (Phi) is 3.80. The van der Waals surface area contributed by atoms with E-state index in [1.807, 2.05) is 0 Å². The number of hydrogen-bond donors (Lipinski definition) is 2. The lowest BCUT2D eigenvalue weighted by Crippen LogP contribution is -2.33. The third kappa shape index (κ3) is 3.53. The van der Waals surface area contributed by atoms with E-state index in [2.05, 4.69) is 5.32 Å². The Balaban J connectivity index is 2.17. The number of carbonyl (C=O) groups is 1. The van der Waals surface area contributed by atoms with Gasteiger partial charge in [-0.2, -0.15) is 0 Å². The van der Waals surface area contributed by atoms with E-state index >= 15 is 0 Å². The van der Waals surface area contributed by atoms with Gasteiger partial charge in [-0.1, -0.05) is 12.5 Å². The van der Waals surface area contributed by atoms with Gasteiger partial charge in [0.2, 0.25) is 0 Å². The monoisotopic (exact) mass is 169 g/mol. The second kappa shape index (κ2) is 4.93. The van der Waals surface area contributed by atoms with Gasteiger partial charge in [0, 0.05) is 12.1 Å².